The molecule has 21 heavy (non-hydrogen) atoms. The van der Waals surface area contributed by atoms with E-state index >= 15 is 0 Å². The SMILES string of the molecule is CC(NC(=O)C1CCC(C(=O)O)CC1)c1ccc(F)cc1. The zero-order valence-electron chi connectivity index (χ0n) is 12.0. The topological polar surface area (TPSA) is 66.4 Å². The second kappa shape index (κ2) is 6.70. The molecule has 1 fully saturated rings. The summed E-state index contributed by atoms with van der Waals surface area (Å²) in [5.41, 5.74) is 0.851. The molecule has 2 rings (SSSR count). The first-order valence-electron chi connectivity index (χ1n) is 7.26. The van der Waals surface area contributed by atoms with Crippen LogP contribution in [0.1, 0.15) is 44.2 Å². The van der Waals surface area contributed by atoms with E-state index in [1.54, 1.807) is 12.1 Å². The highest BCUT2D eigenvalue weighted by molar-refractivity contribution is 5.79. The van der Waals surface area contributed by atoms with Crippen molar-refractivity contribution in [3.05, 3.63) is 35.6 Å². The first-order valence-corrected chi connectivity index (χ1v) is 7.26. The highest BCUT2D eigenvalue weighted by Crippen LogP contribution is 2.29. The van der Waals surface area contributed by atoms with Gasteiger partial charge in [0.05, 0.1) is 12.0 Å². The highest BCUT2D eigenvalue weighted by atomic mass is 19.1. The molecular formula is C16H20FNO3. The summed E-state index contributed by atoms with van der Waals surface area (Å²) < 4.78 is 12.9. The van der Waals surface area contributed by atoms with Gasteiger partial charge in [-0.15, -0.1) is 0 Å². The Balaban J connectivity index is 1.87. The minimum atomic E-state index is -0.770. The van der Waals surface area contributed by atoms with Gasteiger partial charge < -0.3 is 10.4 Å². The standard InChI is InChI=1S/C16H20FNO3/c1-10(11-6-8-14(17)9-7-11)18-15(19)12-2-4-13(5-3-12)16(20)21/h6-10,12-13H,2-5H2,1H3,(H,18,19)(H,20,21). The molecule has 1 aromatic rings. The molecule has 0 radical (unpaired) electrons. The molecule has 1 unspecified atom stereocenters. The molecule has 0 bridgehead atoms. The Morgan fingerprint density at radius 1 is 1.14 bits per heavy atom. The summed E-state index contributed by atoms with van der Waals surface area (Å²) in [7, 11) is 0. The number of carboxylic acids is 1. The number of carboxylic acid groups (broad SMARTS) is 1. The van der Waals surface area contributed by atoms with E-state index in [1.807, 2.05) is 6.92 Å². The van der Waals surface area contributed by atoms with Crippen LogP contribution >= 0.6 is 0 Å². The Hall–Kier alpha value is -1.91. The monoisotopic (exact) mass is 293 g/mol. The number of nitrogens with one attached hydrogen (secondary N) is 1. The molecule has 1 amide bonds. The van der Waals surface area contributed by atoms with Crippen LogP contribution in [0.2, 0.25) is 0 Å². The van der Waals surface area contributed by atoms with Crippen LogP contribution < -0.4 is 5.32 Å². The summed E-state index contributed by atoms with van der Waals surface area (Å²) >= 11 is 0. The number of carbonyl (C=O) groups excluding carboxylic acids is 1. The van der Waals surface area contributed by atoms with Crippen molar-refractivity contribution in [3.63, 3.8) is 0 Å². The van der Waals surface area contributed by atoms with Crippen LogP contribution in [-0.2, 0) is 9.59 Å². The summed E-state index contributed by atoms with van der Waals surface area (Å²) in [5, 5.41) is 11.9. The van der Waals surface area contributed by atoms with Crippen LogP contribution in [0.15, 0.2) is 24.3 Å². The molecule has 4 nitrogen and oxygen atoms in total. The first-order chi connectivity index (χ1) is 9.97. The lowest BCUT2D eigenvalue weighted by atomic mass is 9.81. The second-order valence-corrected chi connectivity index (χ2v) is 5.67. The summed E-state index contributed by atoms with van der Waals surface area (Å²) in [6.45, 7) is 1.86. The molecule has 0 aliphatic heterocycles. The van der Waals surface area contributed by atoms with E-state index < -0.39 is 5.97 Å². The van der Waals surface area contributed by atoms with Gasteiger partial charge in [0.25, 0.3) is 0 Å². The summed E-state index contributed by atoms with van der Waals surface area (Å²) in [5.74, 6) is -1.56. The lowest BCUT2D eigenvalue weighted by molar-refractivity contribution is -0.144. The number of amides is 1. The van der Waals surface area contributed by atoms with E-state index in [-0.39, 0.29) is 29.6 Å². The van der Waals surface area contributed by atoms with E-state index in [9.17, 15) is 14.0 Å². The molecule has 5 heteroatoms. The van der Waals surface area contributed by atoms with Crippen molar-refractivity contribution in [3.8, 4) is 0 Å². The molecule has 1 aliphatic carbocycles. The third kappa shape index (κ3) is 4.03. The number of halogens is 1. The van der Waals surface area contributed by atoms with Crippen molar-refractivity contribution in [2.75, 3.05) is 0 Å². The van der Waals surface area contributed by atoms with Crippen molar-refractivity contribution in [2.45, 2.75) is 38.6 Å². The minimum absolute atomic E-state index is 0.0457. The van der Waals surface area contributed by atoms with Crippen LogP contribution in [0.3, 0.4) is 0 Å². The maximum Gasteiger partial charge on any atom is 0.306 e. The average Bonchev–Trinajstić information content (AvgIpc) is 2.47. The third-order valence-corrected chi connectivity index (χ3v) is 4.18. The molecule has 1 aliphatic rings. The highest BCUT2D eigenvalue weighted by Gasteiger charge is 2.30. The molecule has 2 N–H and O–H groups in total. The lowest BCUT2D eigenvalue weighted by Crippen LogP contribution is -2.35. The number of rotatable bonds is 4. The molecule has 0 saturated heterocycles. The zero-order valence-corrected chi connectivity index (χ0v) is 12.0. The molecule has 114 valence electrons. The van der Waals surface area contributed by atoms with Crippen molar-refractivity contribution in [2.24, 2.45) is 11.8 Å². The van der Waals surface area contributed by atoms with E-state index in [0.717, 1.165) is 5.56 Å². The molecule has 0 aromatic heterocycles. The van der Waals surface area contributed by atoms with Crippen molar-refractivity contribution in [1.29, 1.82) is 0 Å². The predicted octanol–water partition coefficient (Wildman–Crippen LogP) is 2.89. The summed E-state index contributed by atoms with van der Waals surface area (Å²) in [6.07, 6.45) is 2.33. The number of hydrogen-bond acceptors (Lipinski definition) is 2. The van der Waals surface area contributed by atoms with Gasteiger partial charge in [-0.05, 0) is 50.3 Å². The maximum absolute atomic E-state index is 12.9. The van der Waals surface area contributed by atoms with Gasteiger partial charge in [0.15, 0.2) is 0 Å². The van der Waals surface area contributed by atoms with E-state index in [2.05, 4.69) is 5.32 Å². The number of carbonyl (C=O) groups is 2. The van der Waals surface area contributed by atoms with Gasteiger partial charge in [0, 0.05) is 5.92 Å². The van der Waals surface area contributed by atoms with Crippen LogP contribution in [0.25, 0.3) is 0 Å². The van der Waals surface area contributed by atoms with Crippen LogP contribution in [-0.4, -0.2) is 17.0 Å². The second-order valence-electron chi connectivity index (χ2n) is 5.67. The number of benzene rings is 1. The molecular weight excluding hydrogens is 273 g/mol. The zero-order chi connectivity index (χ0) is 15.4. The van der Waals surface area contributed by atoms with Crippen LogP contribution in [0.4, 0.5) is 4.39 Å². The van der Waals surface area contributed by atoms with Crippen molar-refractivity contribution in [1.82, 2.24) is 5.32 Å². The Labute approximate surface area is 123 Å². The Morgan fingerprint density at radius 2 is 1.67 bits per heavy atom. The fourth-order valence-electron chi connectivity index (χ4n) is 2.77. The molecule has 0 spiro atoms. The average molecular weight is 293 g/mol. The van der Waals surface area contributed by atoms with E-state index in [1.165, 1.54) is 12.1 Å². The van der Waals surface area contributed by atoms with Crippen LogP contribution in [0.5, 0.6) is 0 Å². The minimum Gasteiger partial charge on any atom is -0.481 e. The largest absolute Gasteiger partial charge is 0.481 e. The molecule has 1 saturated carbocycles. The number of aliphatic carboxylic acids is 1. The van der Waals surface area contributed by atoms with E-state index in [4.69, 9.17) is 5.11 Å². The predicted molar refractivity (Wildman–Crippen MR) is 76.0 cm³/mol. The van der Waals surface area contributed by atoms with Gasteiger partial charge in [-0.1, -0.05) is 12.1 Å². The molecule has 1 atom stereocenters. The van der Waals surface area contributed by atoms with Crippen molar-refractivity contribution >= 4 is 11.9 Å². The van der Waals surface area contributed by atoms with E-state index in [0.29, 0.717) is 25.7 Å². The lowest BCUT2D eigenvalue weighted by Gasteiger charge is -2.26. The smallest absolute Gasteiger partial charge is 0.306 e. The van der Waals surface area contributed by atoms with Gasteiger partial charge in [-0.25, -0.2) is 4.39 Å². The quantitative estimate of drug-likeness (QED) is 0.897. The Kier molecular flexibility index (Phi) is 4.94. The summed E-state index contributed by atoms with van der Waals surface area (Å²) in [6, 6.07) is 5.87. The fraction of sp³-hybridized carbons (Fsp3) is 0.500. The van der Waals surface area contributed by atoms with Gasteiger partial charge >= 0.3 is 5.97 Å². The van der Waals surface area contributed by atoms with Crippen LogP contribution in [0, 0.1) is 17.7 Å². The van der Waals surface area contributed by atoms with Crippen molar-refractivity contribution < 1.29 is 19.1 Å². The van der Waals surface area contributed by atoms with Gasteiger partial charge in [-0.3, -0.25) is 9.59 Å². The van der Waals surface area contributed by atoms with Gasteiger partial charge in [0.1, 0.15) is 5.82 Å². The summed E-state index contributed by atoms with van der Waals surface area (Å²) in [4.78, 5) is 23.1. The fourth-order valence-corrected chi connectivity index (χ4v) is 2.77. The van der Waals surface area contributed by atoms with Gasteiger partial charge in [-0.2, -0.15) is 0 Å². The Bertz CT molecular complexity index is 507. The first kappa shape index (κ1) is 15.5. The molecule has 0 heterocycles. The maximum atomic E-state index is 12.9. The molecule has 1 aromatic carbocycles. The Morgan fingerprint density at radius 3 is 2.19 bits per heavy atom. The third-order valence-electron chi connectivity index (χ3n) is 4.18. The number of hydrogen-bond donors (Lipinski definition) is 2. The van der Waals surface area contributed by atoms with Gasteiger partial charge in [0.2, 0.25) is 5.91 Å². The normalized spacial score (nSPS) is 23.3.